The second-order valence-corrected chi connectivity index (χ2v) is 8.13. The molecule has 0 fully saturated rings. The minimum Gasteiger partial charge on any atom is -0.383 e. The first-order chi connectivity index (χ1) is 13.1. The van der Waals surface area contributed by atoms with Crippen LogP contribution >= 0.6 is 23.5 Å². The number of carbonyl (C=O) groups excluding carboxylic acids is 1. The van der Waals surface area contributed by atoms with Crippen LogP contribution in [0.5, 0.6) is 0 Å². The van der Waals surface area contributed by atoms with Crippen LogP contribution in [0.4, 0.5) is 5.69 Å². The number of anilines is 1. The normalized spacial score (nSPS) is 12.3. The molecule has 2 aromatic carbocycles. The van der Waals surface area contributed by atoms with Crippen LogP contribution in [-0.4, -0.2) is 40.7 Å². The van der Waals surface area contributed by atoms with Gasteiger partial charge in [-0.1, -0.05) is 36.0 Å². The van der Waals surface area contributed by atoms with Crippen molar-refractivity contribution in [1.82, 2.24) is 9.55 Å². The van der Waals surface area contributed by atoms with Crippen molar-refractivity contribution in [2.75, 3.05) is 25.3 Å². The van der Waals surface area contributed by atoms with Crippen LogP contribution in [0.3, 0.4) is 0 Å². The fourth-order valence-electron chi connectivity index (χ4n) is 2.74. The molecule has 0 saturated heterocycles. The summed E-state index contributed by atoms with van der Waals surface area (Å²) in [5.41, 5.74) is 2.82. The summed E-state index contributed by atoms with van der Waals surface area (Å²) < 4.78 is 7.35. The number of imidazole rings is 1. The number of ether oxygens (including phenoxy) is 1. The van der Waals surface area contributed by atoms with E-state index in [-0.39, 0.29) is 11.2 Å². The van der Waals surface area contributed by atoms with Gasteiger partial charge in [0, 0.05) is 18.6 Å². The standard InChI is InChI=1S/C20H23N3O2S2/c1-14(19(24)21-16-9-5-7-11-18(16)26-3)27-20-22-15-8-4-6-10-17(15)23(20)12-13-25-2/h4-11,14H,12-13H2,1-3H3,(H,21,24). The van der Waals surface area contributed by atoms with Crippen LogP contribution in [-0.2, 0) is 16.1 Å². The first-order valence-electron chi connectivity index (χ1n) is 8.68. The monoisotopic (exact) mass is 401 g/mol. The zero-order valence-electron chi connectivity index (χ0n) is 15.6. The van der Waals surface area contributed by atoms with E-state index in [1.807, 2.05) is 61.7 Å². The number of fused-ring (bicyclic) bond motifs is 1. The third kappa shape index (κ3) is 4.66. The number of para-hydroxylation sites is 3. The molecule has 0 spiro atoms. The molecule has 0 aliphatic heterocycles. The fraction of sp³-hybridized carbons (Fsp3) is 0.300. The van der Waals surface area contributed by atoms with E-state index in [9.17, 15) is 4.79 Å². The predicted octanol–water partition coefficient (Wildman–Crippen LogP) is 4.52. The molecule has 3 aromatic rings. The van der Waals surface area contributed by atoms with Gasteiger partial charge in [-0.2, -0.15) is 0 Å². The van der Waals surface area contributed by atoms with Crippen LogP contribution in [0.1, 0.15) is 6.92 Å². The summed E-state index contributed by atoms with van der Waals surface area (Å²) in [5.74, 6) is -0.0353. The molecule has 1 N–H and O–H groups in total. The number of aromatic nitrogens is 2. The number of methoxy groups -OCH3 is 1. The topological polar surface area (TPSA) is 56.1 Å². The molecule has 1 atom stereocenters. The van der Waals surface area contributed by atoms with E-state index in [2.05, 4.69) is 9.88 Å². The van der Waals surface area contributed by atoms with E-state index in [1.54, 1.807) is 18.9 Å². The van der Waals surface area contributed by atoms with Gasteiger partial charge in [-0.15, -0.1) is 11.8 Å². The lowest BCUT2D eigenvalue weighted by Gasteiger charge is -2.14. The highest BCUT2D eigenvalue weighted by molar-refractivity contribution is 8.00. The van der Waals surface area contributed by atoms with Gasteiger partial charge in [0.1, 0.15) is 0 Å². The Hall–Kier alpha value is -1.96. The van der Waals surface area contributed by atoms with E-state index in [1.165, 1.54) is 11.8 Å². The van der Waals surface area contributed by atoms with Gasteiger partial charge in [-0.05, 0) is 37.4 Å². The summed E-state index contributed by atoms with van der Waals surface area (Å²) in [7, 11) is 1.69. The van der Waals surface area contributed by atoms with E-state index in [0.717, 1.165) is 26.8 Å². The Morgan fingerprint density at radius 1 is 1.22 bits per heavy atom. The Kier molecular flexibility index (Phi) is 6.82. The summed E-state index contributed by atoms with van der Waals surface area (Å²) >= 11 is 3.08. The Morgan fingerprint density at radius 3 is 2.74 bits per heavy atom. The van der Waals surface area contributed by atoms with Crippen molar-refractivity contribution in [3.63, 3.8) is 0 Å². The summed E-state index contributed by atoms with van der Waals surface area (Å²) in [6, 6.07) is 15.8. The summed E-state index contributed by atoms with van der Waals surface area (Å²) in [6.07, 6.45) is 2.00. The Balaban J connectivity index is 1.78. The number of hydrogen-bond donors (Lipinski definition) is 1. The predicted molar refractivity (Wildman–Crippen MR) is 114 cm³/mol. The second-order valence-electron chi connectivity index (χ2n) is 5.98. The third-order valence-electron chi connectivity index (χ3n) is 4.15. The number of nitrogens with zero attached hydrogens (tertiary/aromatic N) is 2. The molecule has 0 bridgehead atoms. The lowest BCUT2D eigenvalue weighted by atomic mass is 10.3. The van der Waals surface area contributed by atoms with Crippen LogP contribution < -0.4 is 5.32 Å². The van der Waals surface area contributed by atoms with Crippen molar-refractivity contribution < 1.29 is 9.53 Å². The Labute approximate surface area is 167 Å². The molecule has 1 amide bonds. The van der Waals surface area contributed by atoms with Crippen LogP contribution in [0, 0.1) is 0 Å². The molecule has 1 heterocycles. The molecule has 3 rings (SSSR count). The molecule has 0 aliphatic carbocycles. The van der Waals surface area contributed by atoms with Gasteiger partial charge >= 0.3 is 0 Å². The highest BCUT2D eigenvalue weighted by atomic mass is 32.2. The average Bonchev–Trinajstić information content (AvgIpc) is 3.03. The number of benzene rings is 2. The maximum absolute atomic E-state index is 12.7. The highest BCUT2D eigenvalue weighted by Crippen LogP contribution is 2.29. The quantitative estimate of drug-likeness (QED) is 0.562. The Morgan fingerprint density at radius 2 is 1.96 bits per heavy atom. The zero-order chi connectivity index (χ0) is 19.2. The number of nitrogens with one attached hydrogen (secondary N) is 1. The van der Waals surface area contributed by atoms with Crippen molar-refractivity contribution in [1.29, 1.82) is 0 Å². The van der Waals surface area contributed by atoms with Crippen molar-refractivity contribution in [2.24, 2.45) is 0 Å². The number of amides is 1. The average molecular weight is 402 g/mol. The van der Waals surface area contributed by atoms with E-state index in [4.69, 9.17) is 9.72 Å². The molecule has 1 unspecified atom stereocenters. The molecular formula is C20H23N3O2S2. The minimum absolute atomic E-state index is 0.0353. The Bertz CT molecular complexity index is 926. The smallest absolute Gasteiger partial charge is 0.237 e. The van der Waals surface area contributed by atoms with Gasteiger partial charge in [0.15, 0.2) is 5.16 Å². The van der Waals surface area contributed by atoms with Crippen molar-refractivity contribution in [3.8, 4) is 0 Å². The van der Waals surface area contributed by atoms with E-state index < -0.39 is 0 Å². The maximum Gasteiger partial charge on any atom is 0.237 e. The first kappa shape index (κ1) is 19.8. The number of hydrogen-bond acceptors (Lipinski definition) is 5. The van der Waals surface area contributed by atoms with Gasteiger partial charge in [0.25, 0.3) is 0 Å². The number of carbonyl (C=O) groups is 1. The summed E-state index contributed by atoms with van der Waals surface area (Å²) in [5, 5.41) is 3.58. The second kappa shape index (κ2) is 9.30. The first-order valence-corrected chi connectivity index (χ1v) is 10.8. The molecule has 0 radical (unpaired) electrons. The summed E-state index contributed by atoms with van der Waals surface area (Å²) in [6.45, 7) is 3.19. The van der Waals surface area contributed by atoms with Gasteiger partial charge in [0.05, 0.1) is 28.6 Å². The summed E-state index contributed by atoms with van der Waals surface area (Å²) in [4.78, 5) is 18.5. The highest BCUT2D eigenvalue weighted by Gasteiger charge is 2.20. The third-order valence-corrected chi connectivity index (χ3v) is 6.04. The van der Waals surface area contributed by atoms with Gasteiger partial charge < -0.3 is 14.6 Å². The molecule has 142 valence electrons. The van der Waals surface area contributed by atoms with E-state index in [0.29, 0.717) is 13.2 Å². The maximum atomic E-state index is 12.7. The molecule has 5 nitrogen and oxygen atoms in total. The molecule has 0 saturated carbocycles. The fourth-order valence-corrected chi connectivity index (χ4v) is 4.24. The molecule has 1 aromatic heterocycles. The zero-order valence-corrected chi connectivity index (χ0v) is 17.3. The molecule has 0 aliphatic rings. The SMILES string of the molecule is COCCn1c(SC(C)C(=O)Nc2ccccc2SC)nc2ccccc21. The van der Waals surface area contributed by atoms with Crippen LogP contribution in [0.25, 0.3) is 11.0 Å². The minimum atomic E-state index is -0.280. The molecule has 27 heavy (non-hydrogen) atoms. The van der Waals surface area contributed by atoms with Crippen molar-refractivity contribution >= 4 is 46.2 Å². The van der Waals surface area contributed by atoms with Crippen LogP contribution in [0.15, 0.2) is 58.6 Å². The molecule has 7 heteroatoms. The largest absolute Gasteiger partial charge is 0.383 e. The number of rotatable bonds is 8. The van der Waals surface area contributed by atoms with Crippen molar-refractivity contribution in [3.05, 3.63) is 48.5 Å². The van der Waals surface area contributed by atoms with Gasteiger partial charge in [-0.25, -0.2) is 4.98 Å². The van der Waals surface area contributed by atoms with Crippen molar-refractivity contribution in [2.45, 2.75) is 28.8 Å². The van der Waals surface area contributed by atoms with Crippen LogP contribution in [0.2, 0.25) is 0 Å². The van der Waals surface area contributed by atoms with Gasteiger partial charge in [-0.3, -0.25) is 4.79 Å². The molecular weight excluding hydrogens is 378 g/mol. The lowest BCUT2D eigenvalue weighted by Crippen LogP contribution is -2.23. The van der Waals surface area contributed by atoms with E-state index >= 15 is 0 Å². The van der Waals surface area contributed by atoms with Gasteiger partial charge in [0.2, 0.25) is 5.91 Å². The lowest BCUT2D eigenvalue weighted by molar-refractivity contribution is -0.115. The number of thioether (sulfide) groups is 2.